The molecule has 2 aromatic carbocycles. The van der Waals surface area contributed by atoms with Gasteiger partial charge in [0.1, 0.15) is 5.75 Å². The zero-order chi connectivity index (χ0) is 14.5. The van der Waals surface area contributed by atoms with Crippen molar-refractivity contribution in [1.82, 2.24) is 0 Å². The van der Waals surface area contributed by atoms with Crippen molar-refractivity contribution in [3.8, 4) is 5.75 Å². The molecule has 0 amide bonds. The highest BCUT2D eigenvalue weighted by Crippen LogP contribution is 2.17. The quantitative estimate of drug-likeness (QED) is 0.524. The third kappa shape index (κ3) is 3.20. The molecule has 100 valence electrons. The largest absolute Gasteiger partial charge is 0.507 e. The van der Waals surface area contributed by atoms with E-state index in [1.165, 1.54) is 18.2 Å². The van der Waals surface area contributed by atoms with Crippen molar-refractivity contribution in [2.24, 2.45) is 0 Å². The molecule has 0 heterocycles. The zero-order valence-corrected chi connectivity index (χ0v) is 11.0. The summed E-state index contributed by atoms with van der Waals surface area (Å²) in [4.78, 5) is 22.7. The van der Waals surface area contributed by atoms with E-state index in [9.17, 15) is 14.7 Å². The fourth-order valence-corrected chi connectivity index (χ4v) is 1.76. The van der Waals surface area contributed by atoms with Crippen LogP contribution in [0.5, 0.6) is 5.75 Å². The first-order valence-corrected chi connectivity index (χ1v) is 6.17. The average Bonchev–Trinajstić information content (AvgIpc) is 2.46. The molecule has 0 aliphatic heterocycles. The Morgan fingerprint density at radius 2 is 1.80 bits per heavy atom. The lowest BCUT2D eigenvalue weighted by molar-refractivity contribution is 0.104. The summed E-state index contributed by atoms with van der Waals surface area (Å²) in [6.07, 6.45) is 3.65. The number of carbonyl (C=O) groups excluding carboxylic acids is 2. The highest BCUT2D eigenvalue weighted by molar-refractivity contribution is 6.06. The Morgan fingerprint density at radius 3 is 2.45 bits per heavy atom. The molecule has 20 heavy (non-hydrogen) atoms. The summed E-state index contributed by atoms with van der Waals surface area (Å²) in [5, 5.41) is 9.39. The van der Waals surface area contributed by atoms with Crippen molar-refractivity contribution < 1.29 is 14.7 Å². The number of aryl methyl sites for hydroxylation is 1. The maximum absolute atomic E-state index is 11.9. The van der Waals surface area contributed by atoms with E-state index >= 15 is 0 Å². The van der Waals surface area contributed by atoms with E-state index in [4.69, 9.17) is 0 Å². The van der Waals surface area contributed by atoms with Crippen LogP contribution in [0.4, 0.5) is 0 Å². The molecule has 0 saturated heterocycles. The first-order chi connectivity index (χ1) is 9.60. The molecule has 0 aliphatic carbocycles. The average molecular weight is 266 g/mol. The van der Waals surface area contributed by atoms with Crippen LogP contribution in [0.3, 0.4) is 0 Å². The first-order valence-electron chi connectivity index (χ1n) is 6.17. The standard InChI is InChI=1S/C17H14O3/c1-12-2-6-14(7-3-12)16(19)8-4-13-5-9-17(20)15(10-13)11-18/h2-11,20H,1H3. The van der Waals surface area contributed by atoms with Gasteiger partial charge in [0.2, 0.25) is 0 Å². The van der Waals surface area contributed by atoms with Crippen molar-refractivity contribution in [2.75, 3.05) is 0 Å². The minimum Gasteiger partial charge on any atom is -0.507 e. The molecule has 0 fully saturated rings. The number of phenolic OH excluding ortho intramolecular Hbond substituents is 1. The van der Waals surface area contributed by atoms with Crippen LogP contribution >= 0.6 is 0 Å². The number of carbonyl (C=O) groups is 2. The van der Waals surface area contributed by atoms with Crippen molar-refractivity contribution in [3.05, 3.63) is 70.8 Å². The lowest BCUT2D eigenvalue weighted by atomic mass is 10.1. The second-order valence-corrected chi connectivity index (χ2v) is 4.50. The molecular formula is C17H14O3. The van der Waals surface area contributed by atoms with Gasteiger partial charge in [0.15, 0.2) is 12.1 Å². The number of aldehydes is 1. The number of hydrogen-bond acceptors (Lipinski definition) is 3. The minimum atomic E-state index is -0.106. The van der Waals surface area contributed by atoms with E-state index < -0.39 is 0 Å². The van der Waals surface area contributed by atoms with Gasteiger partial charge in [0.05, 0.1) is 5.56 Å². The van der Waals surface area contributed by atoms with Gasteiger partial charge in [-0.3, -0.25) is 9.59 Å². The predicted octanol–water partition coefficient (Wildman–Crippen LogP) is 3.41. The number of aromatic hydroxyl groups is 1. The molecule has 0 radical (unpaired) electrons. The number of phenols is 1. The van der Waals surface area contributed by atoms with Crippen LogP contribution in [0.25, 0.3) is 6.08 Å². The lowest BCUT2D eigenvalue weighted by Gasteiger charge is -1.99. The van der Waals surface area contributed by atoms with Gasteiger partial charge in [0, 0.05) is 5.56 Å². The van der Waals surface area contributed by atoms with Gasteiger partial charge in [-0.15, -0.1) is 0 Å². The van der Waals surface area contributed by atoms with Crippen LogP contribution < -0.4 is 0 Å². The van der Waals surface area contributed by atoms with E-state index in [0.29, 0.717) is 17.4 Å². The number of rotatable bonds is 4. The molecule has 0 saturated carbocycles. The van der Waals surface area contributed by atoms with Gasteiger partial charge >= 0.3 is 0 Å². The van der Waals surface area contributed by atoms with Crippen LogP contribution in [0, 0.1) is 6.92 Å². The fourth-order valence-electron chi connectivity index (χ4n) is 1.76. The van der Waals surface area contributed by atoms with Gasteiger partial charge in [-0.25, -0.2) is 0 Å². The Morgan fingerprint density at radius 1 is 1.10 bits per heavy atom. The van der Waals surface area contributed by atoms with Gasteiger partial charge in [-0.1, -0.05) is 42.0 Å². The van der Waals surface area contributed by atoms with Gasteiger partial charge in [0.25, 0.3) is 0 Å². The Bertz CT molecular complexity index is 667. The van der Waals surface area contributed by atoms with E-state index in [1.807, 2.05) is 19.1 Å². The molecule has 0 unspecified atom stereocenters. The molecule has 0 spiro atoms. The van der Waals surface area contributed by atoms with Crippen LogP contribution in [-0.4, -0.2) is 17.2 Å². The third-order valence-corrected chi connectivity index (χ3v) is 2.94. The van der Waals surface area contributed by atoms with E-state index in [-0.39, 0.29) is 17.1 Å². The SMILES string of the molecule is Cc1ccc(C(=O)C=Cc2ccc(O)c(C=O)c2)cc1. The van der Waals surface area contributed by atoms with Crippen LogP contribution in [-0.2, 0) is 0 Å². The Labute approximate surface area is 117 Å². The van der Waals surface area contributed by atoms with E-state index in [0.717, 1.165) is 5.56 Å². The van der Waals surface area contributed by atoms with Gasteiger partial charge in [-0.05, 0) is 30.7 Å². The summed E-state index contributed by atoms with van der Waals surface area (Å²) in [5.74, 6) is -0.173. The predicted molar refractivity (Wildman–Crippen MR) is 78.0 cm³/mol. The Hall–Kier alpha value is -2.68. The second kappa shape index (κ2) is 5.97. The smallest absolute Gasteiger partial charge is 0.185 e. The molecule has 2 aromatic rings. The van der Waals surface area contributed by atoms with Crippen molar-refractivity contribution in [3.63, 3.8) is 0 Å². The molecular weight excluding hydrogens is 252 g/mol. The zero-order valence-electron chi connectivity index (χ0n) is 11.0. The fraction of sp³-hybridized carbons (Fsp3) is 0.0588. The summed E-state index contributed by atoms with van der Waals surface area (Å²) < 4.78 is 0. The van der Waals surface area contributed by atoms with E-state index in [1.54, 1.807) is 24.3 Å². The number of benzene rings is 2. The first kappa shape index (κ1) is 13.7. The monoisotopic (exact) mass is 266 g/mol. The Kier molecular flexibility index (Phi) is 4.11. The molecule has 0 aromatic heterocycles. The van der Waals surface area contributed by atoms with Crippen molar-refractivity contribution in [1.29, 1.82) is 0 Å². The summed E-state index contributed by atoms with van der Waals surface area (Å²) >= 11 is 0. The lowest BCUT2D eigenvalue weighted by Crippen LogP contribution is -1.93. The molecule has 2 rings (SSSR count). The normalized spacial score (nSPS) is 10.7. The highest BCUT2D eigenvalue weighted by Gasteiger charge is 2.02. The van der Waals surface area contributed by atoms with Crippen molar-refractivity contribution in [2.45, 2.75) is 6.92 Å². The number of hydrogen-bond donors (Lipinski definition) is 1. The number of ketones is 1. The van der Waals surface area contributed by atoms with E-state index in [2.05, 4.69) is 0 Å². The molecule has 1 N–H and O–H groups in total. The molecule has 3 nitrogen and oxygen atoms in total. The highest BCUT2D eigenvalue weighted by atomic mass is 16.3. The third-order valence-electron chi connectivity index (χ3n) is 2.94. The maximum Gasteiger partial charge on any atom is 0.185 e. The van der Waals surface area contributed by atoms with Crippen LogP contribution in [0.1, 0.15) is 31.8 Å². The molecule has 0 atom stereocenters. The summed E-state index contributed by atoms with van der Waals surface area (Å²) in [6.45, 7) is 1.96. The van der Waals surface area contributed by atoms with Crippen LogP contribution in [0.2, 0.25) is 0 Å². The van der Waals surface area contributed by atoms with Crippen molar-refractivity contribution >= 4 is 18.1 Å². The molecule has 0 bridgehead atoms. The summed E-state index contributed by atoms with van der Waals surface area (Å²) in [7, 11) is 0. The summed E-state index contributed by atoms with van der Waals surface area (Å²) in [6, 6.07) is 11.9. The second-order valence-electron chi connectivity index (χ2n) is 4.50. The maximum atomic E-state index is 11.9. The molecule has 3 heteroatoms. The number of allylic oxidation sites excluding steroid dienone is 1. The van der Waals surface area contributed by atoms with Gasteiger partial charge < -0.3 is 5.11 Å². The van der Waals surface area contributed by atoms with Crippen LogP contribution in [0.15, 0.2) is 48.5 Å². The van der Waals surface area contributed by atoms with Gasteiger partial charge in [-0.2, -0.15) is 0 Å². The topological polar surface area (TPSA) is 54.4 Å². The minimum absolute atomic E-state index is 0.0676. The Balaban J connectivity index is 2.18. The molecule has 0 aliphatic rings. The summed E-state index contributed by atoms with van der Waals surface area (Å²) in [5.41, 5.74) is 2.60.